The van der Waals surface area contributed by atoms with Gasteiger partial charge < -0.3 is 13.4 Å². The molecule has 0 atom stereocenters. The minimum Gasteiger partial charge on any atom is -0.438 e. The number of hydrogen-bond acceptors (Lipinski definition) is 5. The molecule has 0 saturated heterocycles. The number of aromatic nitrogens is 2. The number of para-hydroxylation sites is 2. The van der Waals surface area contributed by atoms with Gasteiger partial charge in [-0.25, -0.2) is 9.97 Å². The highest BCUT2D eigenvalue weighted by atomic mass is 31.2. The first-order valence-electron chi connectivity index (χ1n) is 18.0. The molecule has 0 bridgehead atoms. The Morgan fingerprint density at radius 3 is 1.24 bits per heavy atom. The van der Waals surface area contributed by atoms with E-state index in [0.717, 1.165) is 64.8 Å². The number of furan rings is 2. The van der Waals surface area contributed by atoms with E-state index in [9.17, 15) is 0 Å². The van der Waals surface area contributed by atoms with Crippen LogP contribution in [0.4, 0.5) is 0 Å². The standard InChI is InChI=1S/C48H27N2O3P/c51-54(31-18-21-45-39(26-31)41-23-28-9-1-7-15-43(28)49-47(41)52-45,32-19-22-46-40(27-32)42-24-29-10-2-8-16-44(29)50-48(42)53-46)30-17-20-37-35-13-4-3-11-33(35)34-12-5-6-14-36(34)38(37)25-30/h1-27H. The average Bonchev–Trinajstić information content (AvgIpc) is 3.77. The molecule has 12 rings (SSSR count). The van der Waals surface area contributed by atoms with Crippen LogP contribution in [0.1, 0.15) is 0 Å². The molecule has 0 N–H and O–H groups in total. The maximum absolute atomic E-state index is 16.6. The van der Waals surface area contributed by atoms with Crippen molar-refractivity contribution >= 4 is 121 Å². The Labute approximate surface area is 307 Å². The lowest BCUT2D eigenvalue weighted by molar-refractivity contribution is 0.592. The van der Waals surface area contributed by atoms with Crippen LogP contribution in [0.5, 0.6) is 0 Å². The molecule has 8 aromatic carbocycles. The Hall–Kier alpha value is -6.81. The normalized spacial score (nSPS) is 12.5. The molecule has 0 amide bonds. The van der Waals surface area contributed by atoms with Crippen LogP contribution < -0.4 is 15.9 Å². The van der Waals surface area contributed by atoms with Gasteiger partial charge in [0.25, 0.3) is 0 Å². The van der Waals surface area contributed by atoms with Gasteiger partial charge in [-0.3, -0.25) is 0 Å². The molecule has 4 aromatic heterocycles. The highest BCUT2D eigenvalue weighted by molar-refractivity contribution is 7.85. The van der Waals surface area contributed by atoms with E-state index in [0.29, 0.717) is 33.2 Å². The molecule has 0 saturated carbocycles. The zero-order valence-electron chi connectivity index (χ0n) is 28.7. The van der Waals surface area contributed by atoms with E-state index in [1.807, 2.05) is 72.8 Å². The molecular formula is C48H27N2O3P. The predicted molar refractivity (Wildman–Crippen MR) is 224 cm³/mol. The van der Waals surface area contributed by atoms with Gasteiger partial charge in [0, 0.05) is 48.2 Å². The van der Waals surface area contributed by atoms with Gasteiger partial charge in [-0.2, -0.15) is 0 Å². The molecule has 0 spiro atoms. The van der Waals surface area contributed by atoms with E-state index in [1.165, 1.54) is 16.2 Å². The van der Waals surface area contributed by atoms with Gasteiger partial charge in [-0.1, -0.05) is 97.1 Å². The van der Waals surface area contributed by atoms with Crippen LogP contribution in [-0.2, 0) is 4.57 Å². The third-order valence-corrected chi connectivity index (χ3v) is 14.1. The molecular weight excluding hydrogens is 684 g/mol. The smallest absolute Gasteiger partial charge is 0.227 e. The Morgan fingerprint density at radius 1 is 0.352 bits per heavy atom. The first kappa shape index (κ1) is 29.7. The molecule has 4 heterocycles. The second-order valence-corrected chi connectivity index (χ2v) is 16.8. The lowest BCUT2D eigenvalue weighted by Gasteiger charge is -2.21. The monoisotopic (exact) mass is 710 g/mol. The Morgan fingerprint density at radius 2 is 0.741 bits per heavy atom. The Bertz CT molecular complexity index is 3430. The maximum atomic E-state index is 16.6. The van der Waals surface area contributed by atoms with Gasteiger partial charge in [0.05, 0.1) is 11.0 Å². The van der Waals surface area contributed by atoms with Crippen LogP contribution in [-0.4, -0.2) is 9.97 Å². The van der Waals surface area contributed by atoms with Gasteiger partial charge >= 0.3 is 0 Å². The number of pyridine rings is 2. The van der Waals surface area contributed by atoms with Crippen LogP contribution in [0.15, 0.2) is 173 Å². The predicted octanol–water partition coefficient (Wildman–Crippen LogP) is 11.7. The number of benzene rings is 8. The lowest BCUT2D eigenvalue weighted by atomic mass is 9.94. The summed E-state index contributed by atoms with van der Waals surface area (Å²) in [6.07, 6.45) is 0. The van der Waals surface area contributed by atoms with Gasteiger partial charge in [-0.15, -0.1) is 0 Å². The summed E-state index contributed by atoms with van der Waals surface area (Å²) in [4.78, 5) is 9.68. The van der Waals surface area contributed by atoms with Crippen LogP contribution in [0.2, 0.25) is 0 Å². The molecule has 0 aliphatic rings. The summed E-state index contributed by atoms with van der Waals surface area (Å²) in [5.41, 5.74) is 4.26. The summed E-state index contributed by atoms with van der Waals surface area (Å²) in [5.74, 6) is 0. The lowest BCUT2D eigenvalue weighted by Crippen LogP contribution is -2.25. The average molecular weight is 711 g/mol. The van der Waals surface area contributed by atoms with Crippen molar-refractivity contribution in [3.8, 4) is 0 Å². The van der Waals surface area contributed by atoms with E-state index in [1.54, 1.807) is 0 Å². The highest BCUT2D eigenvalue weighted by Gasteiger charge is 2.32. The zero-order chi connectivity index (χ0) is 35.5. The minimum atomic E-state index is -3.56. The second-order valence-electron chi connectivity index (χ2n) is 14.1. The third-order valence-electron chi connectivity index (χ3n) is 11.1. The molecule has 0 fully saturated rings. The van der Waals surface area contributed by atoms with Crippen molar-refractivity contribution < 1.29 is 13.4 Å². The summed E-state index contributed by atoms with van der Waals surface area (Å²) in [5, 5.41) is 14.6. The highest BCUT2D eigenvalue weighted by Crippen LogP contribution is 2.47. The van der Waals surface area contributed by atoms with Crippen molar-refractivity contribution in [3.63, 3.8) is 0 Å². The van der Waals surface area contributed by atoms with Gasteiger partial charge in [0.15, 0.2) is 7.14 Å². The van der Waals surface area contributed by atoms with Crippen molar-refractivity contribution in [2.24, 2.45) is 0 Å². The number of hydrogen-bond donors (Lipinski definition) is 0. The summed E-state index contributed by atoms with van der Waals surface area (Å²) >= 11 is 0. The van der Waals surface area contributed by atoms with E-state index in [4.69, 9.17) is 18.8 Å². The van der Waals surface area contributed by atoms with E-state index in [2.05, 4.69) is 91.0 Å². The molecule has 0 aliphatic carbocycles. The molecule has 54 heavy (non-hydrogen) atoms. The van der Waals surface area contributed by atoms with Gasteiger partial charge in [0.1, 0.15) is 11.2 Å². The Kier molecular flexibility index (Phi) is 5.98. The van der Waals surface area contributed by atoms with Crippen molar-refractivity contribution in [3.05, 3.63) is 164 Å². The summed E-state index contributed by atoms with van der Waals surface area (Å²) in [6.45, 7) is 0. The fourth-order valence-electron chi connectivity index (χ4n) is 8.51. The second kappa shape index (κ2) is 10.9. The minimum absolute atomic E-state index is 0.561. The van der Waals surface area contributed by atoms with Crippen molar-refractivity contribution in [1.29, 1.82) is 0 Å². The van der Waals surface area contributed by atoms with Crippen molar-refractivity contribution in [1.82, 2.24) is 9.97 Å². The summed E-state index contributed by atoms with van der Waals surface area (Å²) < 4.78 is 29.2. The number of fused-ring (bicyclic) bond motifs is 14. The van der Waals surface area contributed by atoms with Crippen LogP contribution in [0.3, 0.4) is 0 Å². The molecule has 252 valence electrons. The van der Waals surface area contributed by atoms with Crippen molar-refractivity contribution in [2.45, 2.75) is 0 Å². The first-order chi connectivity index (χ1) is 26.6. The van der Waals surface area contributed by atoms with E-state index < -0.39 is 7.14 Å². The zero-order valence-corrected chi connectivity index (χ0v) is 29.5. The summed E-state index contributed by atoms with van der Waals surface area (Å²) in [7, 11) is -3.56. The molecule has 0 aliphatic heterocycles. The fourth-order valence-corrected chi connectivity index (χ4v) is 11.2. The number of nitrogens with zero attached hydrogens (tertiary/aromatic N) is 2. The Balaban J connectivity index is 1.17. The first-order valence-corrected chi connectivity index (χ1v) is 19.7. The van der Waals surface area contributed by atoms with Crippen LogP contribution in [0.25, 0.3) is 98.3 Å². The van der Waals surface area contributed by atoms with E-state index >= 15 is 4.57 Å². The molecule has 0 radical (unpaired) electrons. The fraction of sp³-hybridized carbons (Fsp3) is 0. The molecule has 0 unspecified atom stereocenters. The maximum Gasteiger partial charge on any atom is 0.227 e. The van der Waals surface area contributed by atoms with E-state index in [-0.39, 0.29) is 0 Å². The topological polar surface area (TPSA) is 69.1 Å². The molecule has 5 nitrogen and oxygen atoms in total. The number of rotatable bonds is 3. The van der Waals surface area contributed by atoms with Crippen LogP contribution in [0, 0.1) is 0 Å². The van der Waals surface area contributed by atoms with Crippen molar-refractivity contribution in [2.75, 3.05) is 0 Å². The van der Waals surface area contributed by atoms with Gasteiger partial charge in [0.2, 0.25) is 11.4 Å². The molecule has 6 heteroatoms. The van der Waals surface area contributed by atoms with Gasteiger partial charge in [-0.05, 0) is 99.0 Å². The quantitative estimate of drug-likeness (QED) is 0.135. The third kappa shape index (κ3) is 4.13. The summed E-state index contributed by atoms with van der Waals surface area (Å²) in [6, 6.07) is 55.6. The molecule has 12 aromatic rings. The SMILES string of the molecule is O=P(c1ccc2oc3nc4ccccc4cc3c2c1)(c1ccc2oc3nc4ccccc4cc3c2c1)c1ccc2c3ccccc3c3ccccc3c2c1. The van der Waals surface area contributed by atoms with Crippen LogP contribution >= 0.6 is 7.14 Å². The largest absolute Gasteiger partial charge is 0.438 e.